The maximum Gasteiger partial charge on any atom is 0.349 e. The van der Waals surface area contributed by atoms with E-state index in [0.717, 1.165) is 60.9 Å². The van der Waals surface area contributed by atoms with Crippen molar-refractivity contribution < 1.29 is 19.1 Å². The maximum atomic E-state index is 13.3. The molecule has 0 saturated heterocycles. The monoisotopic (exact) mass is 526 g/mol. The molecule has 1 atom stereocenters. The fourth-order valence-corrected chi connectivity index (χ4v) is 6.63. The van der Waals surface area contributed by atoms with E-state index in [1.165, 1.54) is 16.8 Å². The molecule has 39 heavy (non-hydrogen) atoms. The van der Waals surface area contributed by atoms with Gasteiger partial charge in [-0.1, -0.05) is 18.2 Å². The van der Waals surface area contributed by atoms with Crippen molar-refractivity contribution >= 4 is 39.4 Å². The van der Waals surface area contributed by atoms with Gasteiger partial charge in [0.25, 0.3) is 5.91 Å². The number of nitrogens with zero attached hydrogens (tertiary/aromatic N) is 2. The number of aliphatic hydroxyl groups is 1. The number of anilines is 1. The average molecular weight is 527 g/mol. The molecule has 7 rings (SSSR count). The summed E-state index contributed by atoms with van der Waals surface area (Å²) in [7, 11) is 0. The second-order valence-electron chi connectivity index (χ2n) is 10.8. The molecule has 0 bridgehead atoms. The fraction of sp³-hybridized carbons (Fsp3) is 0.367. The number of carbonyl (C=O) groups is 2. The third-order valence-electron chi connectivity index (χ3n) is 8.44. The number of carbonyl (C=O) groups excluding carboxylic acids is 2. The highest BCUT2D eigenvalue weighted by Gasteiger charge is 2.31. The molecule has 0 spiro atoms. The number of hydrogen-bond donors (Lipinski definition) is 3. The smallest absolute Gasteiger partial charge is 0.349 e. The standard InChI is InChI=1S/C30H30N4O5/c35-16-25(29(37)34-12-9-20-19-6-1-2-8-23(19)31-24(20)15-34)32-28(36)22-14-18-13-17-5-3-10-33-11-4-7-21(26(17)33)27(18)39-30(22)38/h1-2,6,8,13-14,25,31,35H,3-5,7,9-12,15-16H2,(H,32,36)/t25-/m0/s1. The lowest BCUT2D eigenvalue weighted by atomic mass is 9.90. The number of nitrogens with one attached hydrogen (secondary N) is 2. The van der Waals surface area contributed by atoms with Gasteiger partial charge in [-0.05, 0) is 61.4 Å². The zero-order valence-corrected chi connectivity index (χ0v) is 21.6. The predicted molar refractivity (Wildman–Crippen MR) is 147 cm³/mol. The number of fused-ring (bicyclic) bond motifs is 5. The van der Waals surface area contributed by atoms with Gasteiger partial charge in [-0.2, -0.15) is 0 Å². The Morgan fingerprint density at radius 2 is 1.87 bits per heavy atom. The van der Waals surface area contributed by atoms with Crippen LogP contribution >= 0.6 is 0 Å². The third kappa shape index (κ3) is 3.91. The van der Waals surface area contributed by atoms with Crippen molar-refractivity contribution in [2.24, 2.45) is 0 Å². The number of para-hydroxylation sites is 1. The van der Waals surface area contributed by atoms with E-state index < -0.39 is 24.2 Å². The molecule has 0 fully saturated rings. The summed E-state index contributed by atoms with van der Waals surface area (Å²) in [6.07, 6.45) is 4.52. The molecule has 2 aromatic heterocycles. The fourth-order valence-electron chi connectivity index (χ4n) is 6.63. The highest BCUT2D eigenvalue weighted by molar-refractivity contribution is 6.00. The van der Waals surface area contributed by atoms with Crippen LogP contribution in [0.25, 0.3) is 21.9 Å². The topological polar surface area (TPSA) is 119 Å². The molecule has 5 heterocycles. The molecule has 4 aromatic rings. The quantitative estimate of drug-likeness (QED) is 0.352. The Kier molecular flexibility index (Phi) is 5.70. The molecular weight excluding hydrogens is 496 g/mol. The number of aryl methyl sites for hydroxylation is 2. The molecule has 9 nitrogen and oxygen atoms in total. The summed E-state index contributed by atoms with van der Waals surface area (Å²) in [6.45, 7) is 2.27. The minimum atomic E-state index is -1.17. The highest BCUT2D eigenvalue weighted by atomic mass is 16.4. The first kappa shape index (κ1) is 24.0. The van der Waals surface area contributed by atoms with Gasteiger partial charge in [0.2, 0.25) is 5.91 Å². The molecule has 0 unspecified atom stereocenters. The number of amides is 2. The largest absolute Gasteiger partial charge is 0.422 e. The third-order valence-corrected chi connectivity index (χ3v) is 8.44. The second-order valence-corrected chi connectivity index (χ2v) is 10.8. The van der Waals surface area contributed by atoms with E-state index in [-0.39, 0.29) is 11.5 Å². The van der Waals surface area contributed by atoms with Gasteiger partial charge in [-0.3, -0.25) is 9.59 Å². The average Bonchev–Trinajstić information content (AvgIpc) is 3.33. The normalized spacial score (nSPS) is 17.2. The van der Waals surface area contributed by atoms with Gasteiger partial charge in [-0.25, -0.2) is 4.79 Å². The Hall–Kier alpha value is -4.11. The van der Waals surface area contributed by atoms with Crippen LogP contribution in [0.1, 0.15) is 45.6 Å². The highest BCUT2D eigenvalue weighted by Crippen LogP contribution is 2.39. The summed E-state index contributed by atoms with van der Waals surface area (Å²) in [4.78, 5) is 46.9. The number of rotatable bonds is 4. The molecule has 0 aliphatic carbocycles. The number of hydrogen-bond acceptors (Lipinski definition) is 6. The number of aromatic nitrogens is 1. The molecule has 9 heteroatoms. The number of benzene rings is 2. The Labute approximate surface area is 224 Å². The van der Waals surface area contributed by atoms with Gasteiger partial charge in [0.15, 0.2) is 0 Å². The van der Waals surface area contributed by atoms with Crippen LogP contribution in [0, 0.1) is 0 Å². The molecule has 2 aromatic carbocycles. The molecule has 0 radical (unpaired) electrons. The summed E-state index contributed by atoms with van der Waals surface area (Å²) in [5, 5.41) is 14.5. The van der Waals surface area contributed by atoms with Crippen molar-refractivity contribution in [1.82, 2.24) is 15.2 Å². The SMILES string of the molecule is O=C(N[C@@H](CO)C(=O)N1CCc2c([nH]c3ccccc23)C1)c1cc2cc3c4c(c2oc1=O)CCCN4CCC3. The van der Waals surface area contributed by atoms with E-state index >= 15 is 0 Å². The van der Waals surface area contributed by atoms with Gasteiger partial charge in [0.1, 0.15) is 17.2 Å². The van der Waals surface area contributed by atoms with Crippen LogP contribution in [0.3, 0.4) is 0 Å². The molecule has 3 N–H and O–H groups in total. The Morgan fingerprint density at radius 3 is 2.72 bits per heavy atom. The van der Waals surface area contributed by atoms with Crippen LogP contribution in [-0.2, 0) is 30.6 Å². The summed E-state index contributed by atoms with van der Waals surface area (Å²) >= 11 is 0. The lowest BCUT2D eigenvalue weighted by molar-refractivity contribution is -0.135. The van der Waals surface area contributed by atoms with Crippen LogP contribution in [0.4, 0.5) is 5.69 Å². The van der Waals surface area contributed by atoms with Crippen LogP contribution < -0.4 is 15.8 Å². The van der Waals surface area contributed by atoms with Gasteiger partial charge >= 0.3 is 5.63 Å². The van der Waals surface area contributed by atoms with Gasteiger partial charge in [0.05, 0.1) is 13.2 Å². The lowest BCUT2D eigenvalue weighted by Gasteiger charge is -2.37. The van der Waals surface area contributed by atoms with Crippen molar-refractivity contribution in [3.05, 3.63) is 74.8 Å². The van der Waals surface area contributed by atoms with E-state index in [0.29, 0.717) is 30.5 Å². The summed E-state index contributed by atoms with van der Waals surface area (Å²) in [5.41, 5.74) is 6.25. The zero-order chi connectivity index (χ0) is 26.7. The Bertz CT molecular complexity index is 1700. The van der Waals surface area contributed by atoms with E-state index in [4.69, 9.17) is 4.42 Å². The van der Waals surface area contributed by atoms with Crippen molar-refractivity contribution in [2.45, 2.75) is 44.7 Å². The van der Waals surface area contributed by atoms with Crippen LogP contribution in [0.5, 0.6) is 0 Å². The van der Waals surface area contributed by atoms with Gasteiger partial charge in [0, 0.05) is 52.9 Å². The zero-order valence-electron chi connectivity index (χ0n) is 21.6. The molecule has 3 aliphatic rings. The first-order valence-corrected chi connectivity index (χ1v) is 13.7. The first-order chi connectivity index (χ1) is 19.0. The number of aromatic amines is 1. The lowest BCUT2D eigenvalue weighted by Crippen LogP contribution is -2.52. The van der Waals surface area contributed by atoms with Crippen molar-refractivity contribution in [1.29, 1.82) is 0 Å². The van der Waals surface area contributed by atoms with Crippen LogP contribution in [-0.4, -0.2) is 59.1 Å². The van der Waals surface area contributed by atoms with Gasteiger partial charge in [-0.15, -0.1) is 0 Å². The Balaban J connectivity index is 1.14. The summed E-state index contributed by atoms with van der Waals surface area (Å²) in [6, 6.07) is 10.4. The van der Waals surface area contributed by atoms with Gasteiger partial charge < -0.3 is 29.6 Å². The van der Waals surface area contributed by atoms with E-state index in [2.05, 4.69) is 21.3 Å². The Morgan fingerprint density at radius 1 is 1.05 bits per heavy atom. The van der Waals surface area contributed by atoms with Crippen molar-refractivity contribution in [3.63, 3.8) is 0 Å². The molecule has 2 amide bonds. The molecule has 200 valence electrons. The molecule has 0 saturated carbocycles. The van der Waals surface area contributed by atoms with E-state index in [1.54, 1.807) is 11.0 Å². The van der Waals surface area contributed by atoms with E-state index in [9.17, 15) is 19.5 Å². The molecule has 3 aliphatic heterocycles. The van der Waals surface area contributed by atoms with Crippen molar-refractivity contribution in [3.8, 4) is 0 Å². The number of H-pyrrole nitrogens is 1. The summed E-state index contributed by atoms with van der Waals surface area (Å²) < 4.78 is 5.74. The minimum Gasteiger partial charge on any atom is -0.422 e. The summed E-state index contributed by atoms with van der Waals surface area (Å²) in [5.74, 6) is -1.12. The second kappa shape index (κ2) is 9.27. The minimum absolute atomic E-state index is 0.166. The number of aliphatic hydroxyl groups excluding tert-OH is 1. The maximum absolute atomic E-state index is 13.3. The first-order valence-electron chi connectivity index (χ1n) is 13.7. The van der Waals surface area contributed by atoms with E-state index in [1.807, 2.05) is 24.3 Å². The predicted octanol–water partition coefficient (Wildman–Crippen LogP) is 2.65. The molecular formula is C30H30N4O5. The van der Waals surface area contributed by atoms with Crippen LogP contribution in [0.15, 0.2) is 45.6 Å². The van der Waals surface area contributed by atoms with Crippen LogP contribution in [0.2, 0.25) is 0 Å². The van der Waals surface area contributed by atoms with Crippen molar-refractivity contribution in [2.75, 3.05) is 31.1 Å².